The Morgan fingerprint density at radius 2 is 2.54 bits per heavy atom. The molecule has 0 spiro atoms. The van der Waals surface area contributed by atoms with Gasteiger partial charge in [-0.2, -0.15) is 0 Å². The van der Waals surface area contributed by atoms with Crippen LogP contribution in [0.4, 0.5) is 0 Å². The number of ketones is 1. The van der Waals surface area contributed by atoms with Crippen molar-refractivity contribution in [3.05, 3.63) is 16.6 Å². The standard InChI is InChI=1S/C9H13NO2S/c1-7(3-4-12-2)9(11)8-5-10-6-13-8/h5-7H,3-4H2,1-2H3. The number of hydrogen-bond donors (Lipinski definition) is 0. The fraction of sp³-hybridized carbons (Fsp3) is 0.556. The highest BCUT2D eigenvalue weighted by atomic mass is 32.1. The number of nitrogens with zero attached hydrogens (tertiary/aromatic N) is 1. The van der Waals surface area contributed by atoms with Crippen LogP contribution in [-0.4, -0.2) is 24.5 Å². The summed E-state index contributed by atoms with van der Waals surface area (Å²) in [7, 11) is 1.64. The summed E-state index contributed by atoms with van der Waals surface area (Å²) >= 11 is 1.39. The molecule has 1 aromatic rings. The monoisotopic (exact) mass is 199 g/mol. The molecule has 3 nitrogen and oxygen atoms in total. The Labute approximate surface area is 81.8 Å². The summed E-state index contributed by atoms with van der Waals surface area (Å²) < 4.78 is 4.92. The second-order valence-electron chi connectivity index (χ2n) is 2.91. The maximum atomic E-state index is 11.6. The molecule has 13 heavy (non-hydrogen) atoms. The molecule has 72 valence electrons. The van der Waals surface area contributed by atoms with E-state index in [2.05, 4.69) is 4.98 Å². The van der Waals surface area contributed by atoms with E-state index in [0.29, 0.717) is 6.61 Å². The third-order valence-corrected chi connectivity index (χ3v) is 2.67. The average molecular weight is 199 g/mol. The van der Waals surface area contributed by atoms with Crippen LogP contribution in [0.15, 0.2) is 11.7 Å². The molecule has 1 aromatic heterocycles. The van der Waals surface area contributed by atoms with Gasteiger partial charge in [-0.25, -0.2) is 0 Å². The quantitative estimate of drug-likeness (QED) is 0.681. The Morgan fingerprint density at radius 3 is 3.08 bits per heavy atom. The van der Waals surface area contributed by atoms with E-state index < -0.39 is 0 Å². The van der Waals surface area contributed by atoms with E-state index in [4.69, 9.17) is 4.74 Å². The number of rotatable bonds is 5. The van der Waals surface area contributed by atoms with Crippen LogP contribution in [0.25, 0.3) is 0 Å². The van der Waals surface area contributed by atoms with Gasteiger partial charge < -0.3 is 4.74 Å². The first-order valence-electron chi connectivity index (χ1n) is 4.17. The zero-order valence-corrected chi connectivity index (χ0v) is 8.63. The lowest BCUT2D eigenvalue weighted by atomic mass is 10.0. The van der Waals surface area contributed by atoms with Crippen LogP contribution in [0.1, 0.15) is 23.0 Å². The Hall–Kier alpha value is -0.740. The molecule has 0 aliphatic carbocycles. The van der Waals surface area contributed by atoms with E-state index in [1.165, 1.54) is 11.3 Å². The Bertz CT molecular complexity index is 259. The zero-order valence-electron chi connectivity index (χ0n) is 7.82. The summed E-state index contributed by atoms with van der Waals surface area (Å²) in [6, 6.07) is 0. The smallest absolute Gasteiger partial charge is 0.177 e. The molecule has 0 aromatic carbocycles. The van der Waals surface area contributed by atoms with Crippen molar-refractivity contribution in [2.45, 2.75) is 13.3 Å². The van der Waals surface area contributed by atoms with Gasteiger partial charge >= 0.3 is 0 Å². The van der Waals surface area contributed by atoms with E-state index in [1.807, 2.05) is 6.92 Å². The minimum absolute atomic E-state index is 0.0281. The Morgan fingerprint density at radius 1 is 1.77 bits per heavy atom. The molecule has 0 bridgehead atoms. The molecular formula is C9H13NO2S. The van der Waals surface area contributed by atoms with Crippen molar-refractivity contribution < 1.29 is 9.53 Å². The molecule has 0 N–H and O–H groups in total. The highest BCUT2D eigenvalue weighted by Crippen LogP contribution is 2.14. The van der Waals surface area contributed by atoms with Gasteiger partial charge in [-0.1, -0.05) is 6.92 Å². The van der Waals surface area contributed by atoms with Gasteiger partial charge in [0.05, 0.1) is 10.4 Å². The maximum Gasteiger partial charge on any atom is 0.177 e. The molecule has 4 heteroatoms. The Kier molecular flexibility index (Phi) is 4.05. The molecule has 0 aliphatic heterocycles. The lowest BCUT2D eigenvalue weighted by molar-refractivity contribution is 0.0897. The van der Waals surface area contributed by atoms with Gasteiger partial charge in [0, 0.05) is 25.8 Å². The predicted molar refractivity (Wildman–Crippen MR) is 52.1 cm³/mol. The van der Waals surface area contributed by atoms with Crippen molar-refractivity contribution in [3.8, 4) is 0 Å². The SMILES string of the molecule is COCCC(C)C(=O)c1cncs1. The van der Waals surface area contributed by atoms with E-state index in [-0.39, 0.29) is 11.7 Å². The lowest BCUT2D eigenvalue weighted by Crippen LogP contribution is -2.12. The number of methoxy groups -OCH3 is 1. The number of carbonyl (C=O) groups is 1. The van der Waals surface area contributed by atoms with Crippen molar-refractivity contribution in [1.29, 1.82) is 0 Å². The highest BCUT2D eigenvalue weighted by Gasteiger charge is 2.15. The third-order valence-electron chi connectivity index (χ3n) is 1.88. The fourth-order valence-electron chi connectivity index (χ4n) is 1.01. The maximum absolute atomic E-state index is 11.6. The summed E-state index contributed by atoms with van der Waals surface area (Å²) in [6.45, 7) is 2.55. The molecule has 0 radical (unpaired) electrons. The third kappa shape index (κ3) is 2.90. The average Bonchev–Trinajstić information content (AvgIpc) is 2.65. The number of carbonyl (C=O) groups excluding carboxylic acids is 1. The minimum Gasteiger partial charge on any atom is -0.385 e. The molecule has 0 saturated heterocycles. The van der Waals surface area contributed by atoms with Crippen molar-refractivity contribution in [1.82, 2.24) is 4.98 Å². The molecule has 1 heterocycles. The largest absolute Gasteiger partial charge is 0.385 e. The first-order chi connectivity index (χ1) is 6.25. The van der Waals surface area contributed by atoms with Crippen molar-refractivity contribution in [2.75, 3.05) is 13.7 Å². The molecular weight excluding hydrogens is 186 g/mol. The van der Waals surface area contributed by atoms with E-state index in [1.54, 1.807) is 18.8 Å². The van der Waals surface area contributed by atoms with E-state index >= 15 is 0 Å². The predicted octanol–water partition coefficient (Wildman–Crippen LogP) is 2.00. The van der Waals surface area contributed by atoms with Crippen LogP contribution in [0.2, 0.25) is 0 Å². The van der Waals surface area contributed by atoms with E-state index in [0.717, 1.165) is 11.3 Å². The van der Waals surface area contributed by atoms with Crippen molar-refractivity contribution >= 4 is 17.1 Å². The zero-order chi connectivity index (χ0) is 9.68. The van der Waals surface area contributed by atoms with Crippen LogP contribution >= 0.6 is 11.3 Å². The van der Waals surface area contributed by atoms with Gasteiger partial charge in [0.25, 0.3) is 0 Å². The summed E-state index contributed by atoms with van der Waals surface area (Å²) in [5.41, 5.74) is 1.68. The first kappa shape index (κ1) is 10.3. The van der Waals surface area contributed by atoms with Gasteiger partial charge in [-0.05, 0) is 6.42 Å². The number of Topliss-reactive ketones (excluding diaryl/α,β-unsaturated/α-hetero) is 1. The normalized spacial score (nSPS) is 12.8. The molecule has 1 rings (SSSR count). The van der Waals surface area contributed by atoms with Crippen LogP contribution in [0.3, 0.4) is 0 Å². The highest BCUT2D eigenvalue weighted by molar-refractivity contribution is 7.11. The second kappa shape index (κ2) is 5.09. The van der Waals surface area contributed by atoms with Gasteiger partial charge in [0.15, 0.2) is 5.78 Å². The number of aromatic nitrogens is 1. The first-order valence-corrected chi connectivity index (χ1v) is 5.05. The molecule has 1 atom stereocenters. The van der Waals surface area contributed by atoms with Crippen molar-refractivity contribution in [2.24, 2.45) is 5.92 Å². The molecule has 0 fully saturated rings. The van der Waals surface area contributed by atoms with Crippen LogP contribution < -0.4 is 0 Å². The molecule has 0 saturated carbocycles. The van der Waals surface area contributed by atoms with Crippen molar-refractivity contribution in [3.63, 3.8) is 0 Å². The minimum atomic E-state index is 0.0281. The summed E-state index contributed by atoms with van der Waals surface area (Å²) in [5, 5.41) is 0. The number of hydrogen-bond acceptors (Lipinski definition) is 4. The van der Waals surface area contributed by atoms with Gasteiger partial charge in [0.2, 0.25) is 0 Å². The van der Waals surface area contributed by atoms with E-state index in [9.17, 15) is 4.79 Å². The second-order valence-corrected chi connectivity index (χ2v) is 3.80. The summed E-state index contributed by atoms with van der Waals surface area (Å²) in [5.74, 6) is 0.194. The summed E-state index contributed by atoms with van der Waals surface area (Å²) in [6.07, 6.45) is 2.39. The number of ether oxygens (including phenoxy) is 1. The van der Waals surface area contributed by atoms with Crippen LogP contribution in [0.5, 0.6) is 0 Å². The molecule has 0 amide bonds. The number of thiazole rings is 1. The fourth-order valence-corrected chi connectivity index (χ4v) is 1.68. The molecule has 0 aliphatic rings. The lowest BCUT2D eigenvalue weighted by Gasteiger charge is -2.06. The van der Waals surface area contributed by atoms with Crippen LogP contribution in [-0.2, 0) is 4.74 Å². The topological polar surface area (TPSA) is 39.2 Å². The summed E-state index contributed by atoms with van der Waals surface area (Å²) in [4.78, 5) is 16.2. The van der Waals surface area contributed by atoms with Gasteiger partial charge in [-0.15, -0.1) is 11.3 Å². The van der Waals surface area contributed by atoms with Gasteiger partial charge in [0.1, 0.15) is 0 Å². The molecule has 1 unspecified atom stereocenters. The van der Waals surface area contributed by atoms with Gasteiger partial charge in [-0.3, -0.25) is 9.78 Å². The Balaban J connectivity index is 2.48. The van der Waals surface area contributed by atoms with Crippen LogP contribution in [0, 0.1) is 5.92 Å².